The van der Waals surface area contributed by atoms with E-state index in [-0.39, 0.29) is 5.56 Å². The summed E-state index contributed by atoms with van der Waals surface area (Å²) < 4.78 is 0.896. The Morgan fingerprint density at radius 2 is 1.85 bits per heavy atom. The Labute approximate surface area is 165 Å². The van der Waals surface area contributed by atoms with Crippen molar-refractivity contribution in [3.05, 3.63) is 57.5 Å². The van der Waals surface area contributed by atoms with Crippen LogP contribution >= 0.6 is 23.1 Å². The van der Waals surface area contributed by atoms with Crippen LogP contribution in [0.25, 0.3) is 0 Å². The number of piperazine rings is 1. The molecule has 0 bridgehead atoms. The number of nitrogens with zero attached hydrogens (tertiary/aromatic N) is 5. The first-order chi connectivity index (χ1) is 13.2. The van der Waals surface area contributed by atoms with Gasteiger partial charge in [0, 0.05) is 43.7 Å². The number of hydrogen-bond donors (Lipinski definition) is 1. The number of aromatic nitrogens is 4. The highest BCUT2D eigenvalue weighted by Crippen LogP contribution is 2.25. The van der Waals surface area contributed by atoms with Crippen molar-refractivity contribution < 1.29 is 0 Å². The van der Waals surface area contributed by atoms with Crippen LogP contribution in [0.4, 0.5) is 11.6 Å². The predicted octanol–water partition coefficient (Wildman–Crippen LogP) is 2.55. The van der Waals surface area contributed by atoms with E-state index in [1.807, 2.05) is 13.0 Å². The van der Waals surface area contributed by atoms with Crippen LogP contribution in [0.1, 0.15) is 10.7 Å². The lowest BCUT2D eigenvalue weighted by molar-refractivity contribution is 0.638. The zero-order chi connectivity index (χ0) is 18.6. The highest BCUT2D eigenvalue weighted by Gasteiger charge is 2.19. The maximum atomic E-state index is 12.1. The van der Waals surface area contributed by atoms with Gasteiger partial charge < -0.3 is 9.80 Å². The summed E-state index contributed by atoms with van der Waals surface area (Å²) in [7, 11) is 0. The zero-order valence-corrected chi connectivity index (χ0v) is 16.6. The molecule has 140 valence electrons. The summed E-state index contributed by atoms with van der Waals surface area (Å²) >= 11 is 3.11. The number of H-pyrrole nitrogens is 1. The van der Waals surface area contributed by atoms with Crippen LogP contribution in [-0.2, 0) is 5.75 Å². The fourth-order valence-corrected chi connectivity index (χ4v) is 4.71. The molecule has 2 aromatic heterocycles. The second-order valence-corrected chi connectivity index (χ2v) is 8.65. The Morgan fingerprint density at radius 1 is 1.11 bits per heavy atom. The molecule has 0 saturated carbocycles. The van der Waals surface area contributed by atoms with Gasteiger partial charge in [0.05, 0.1) is 5.69 Å². The Morgan fingerprint density at radius 3 is 2.56 bits per heavy atom. The fraction of sp³-hybridized carbons (Fsp3) is 0.333. The predicted molar refractivity (Wildman–Crippen MR) is 110 cm³/mol. The van der Waals surface area contributed by atoms with E-state index in [2.05, 4.69) is 54.2 Å². The van der Waals surface area contributed by atoms with Crippen molar-refractivity contribution in [1.82, 2.24) is 20.2 Å². The van der Waals surface area contributed by atoms with Crippen LogP contribution < -0.4 is 15.4 Å². The SMILES string of the molecule is Cc1nnc(SCc2cc(=O)[nH]c(N3CCN(c4ccccc4)CC3)n2)s1. The number of benzene rings is 1. The molecule has 0 spiro atoms. The number of nitrogens with one attached hydrogen (secondary N) is 1. The molecule has 1 saturated heterocycles. The van der Waals surface area contributed by atoms with Gasteiger partial charge >= 0.3 is 0 Å². The van der Waals surface area contributed by atoms with Crippen LogP contribution in [-0.4, -0.2) is 46.3 Å². The van der Waals surface area contributed by atoms with Crippen molar-refractivity contribution in [2.45, 2.75) is 17.0 Å². The van der Waals surface area contributed by atoms with Gasteiger partial charge in [-0.15, -0.1) is 10.2 Å². The third-order valence-electron chi connectivity index (χ3n) is 4.33. The number of thioether (sulfide) groups is 1. The Bertz CT molecular complexity index is 950. The number of rotatable bonds is 5. The van der Waals surface area contributed by atoms with Crippen LogP contribution in [0, 0.1) is 6.92 Å². The van der Waals surface area contributed by atoms with E-state index < -0.39 is 0 Å². The quantitative estimate of drug-likeness (QED) is 0.660. The van der Waals surface area contributed by atoms with Crippen molar-refractivity contribution >= 4 is 34.7 Å². The van der Waals surface area contributed by atoms with Crippen molar-refractivity contribution in [1.29, 1.82) is 0 Å². The van der Waals surface area contributed by atoms with Gasteiger partial charge in [0.25, 0.3) is 5.56 Å². The number of para-hydroxylation sites is 1. The van der Waals surface area contributed by atoms with Crippen LogP contribution in [0.2, 0.25) is 0 Å². The third kappa shape index (κ3) is 4.48. The van der Waals surface area contributed by atoms with E-state index >= 15 is 0 Å². The lowest BCUT2D eigenvalue weighted by Gasteiger charge is -2.36. The fourth-order valence-electron chi connectivity index (χ4n) is 3.01. The molecule has 1 aliphatic rings. The van der Waals surface area contributed by atoms with Crippen molar-refractivity contribution in [3.8, 4) is 0 Å². The number of aromatic amines is 1. The van der Waals surface area contributed by atoms with Gasteiger partial charge in [-0.3, -0.25) is 9.78 Å². The molecule has 0 radical (unpaired) electrons. The van der Waals surface area contributed by atoms with E-state index in [9.17, 15) is 4.79 Å². The number of aryl methyl sites for hydroxylation is 1. The molecule has 4 rings (SSSR count). The average Bonchev–Trinajstić information content (AvgIpc) is 3.12. The van der Waals surface area contributed by atoms with Gasteiger partial charge in [0.1, 0.15) is 5.01 Å². The van der Waals surface area contributed by atoms with E-state index in [1.54, 1.807) is 29.2 Å². The zero-order valence-electron chi connectivity index (χ0n) is 15.0. The Kier molecular flexibility index (Phi) is 5.40. The lowest BCUT2D eigenvalue weighted by Crippen LogP contribution is -2.47. The van der Waals surface area contributed by atoms with Gasteiger partial charge in [-0.25, -0.2) is 4.98 Å². The summed E-state index contributed by atoms with van der Waals surface area (Å²) in [5.41, 5.74) is 1.88. The van der Waals surface area contributed by atoms with Crippen molar-refractivity contribution in [3.63, 3.8) is 0 Å². The summed E-state index contributed by atoms with van der Waals surface area (Å²) in [6.07, 6.45) is 0. The topological polar surface area (TPSA) is 78.0 Å². The standard InChI is InChI=1S/C18H20N6OS2/c1-13-21-22-18(27-13)26-12-14-11-16(25)20-17(19-14)24-9-7-23(8-10-24)15-5-3-2-4-6-15/h2-6,11H,7-10,12H2,1H3,(H,19,20,25). The minimum absolute atomic E-state index is 0.116. The van der Waals surface area contributed by atoms with Crippen molar-refractivity contribution in [2.75, 3.05) is 36.0 Å². The molecule has 3 heterocycles. The second-order valence-electron chi connectivity index (χ2n) is 6.25. The van der Waals surface area contributed by atoms with Crippen LogP contribution in [0.15, 0.2) is 45.5 Å². The largest absolute Gasteiger partial charge is 0.368 e. The van der Waals surface area contributed by atoms with Crippen LogP contribution in [0.3, 0.4) is 0 Å². The molecule has 1 aliphatic heterocycles. The molecule has 1 fully saturated rings. The second kappa shape index (κ2) is 8.10. The molecule has 0 atom stereocenters. The van der Waals surface area contributed by atoms with Gasteiger partial charge in [0.2, 0.25) is 5.95 Å². The number of anilines is 2. The normalized spacial score (nSPS) is 14.6. The van der Waals surface area contributed by atoms with Gasteiger partial charge in [-0.05, 0) is 19.1 Å². The minimum Gasteiger partial charge on any atom is -0.368 e. The third-order valence-corrected chi connectivity index (χ3v) is 6.34. The monoisotopic (exact) mass is 400 g/mol. The van der Waals surface area contributed by atoms with Crippen LogP contribution in [0.5, 0.6) is 0 Å². The maximum Gasteiger partial charge on any atom is 0.252 e. The molecule has 7 nitrogen and oxygen atoms in total. The molecule has 0 amide bonds. The summed E-state index contributed by atoms with van der Waals surface area (Å²) in [5, 5.41) is 9.06. The van der Waals surface area contributed by atoms with E-state index in [0.717, 1.165) is 41.2 Å². The van der Waals surface area contributed by atoms with E-state index in [4.69, 9.17) is 0 Å². The van der Waals surface area contributed by atoms with E-state index in [1.165, 1.54) is 5.69 Å². The molecular formula is C18H20N6OS2. The number of hydrogen-bond acceptors (Lipinski definition) is 8. The molecular weight excluding hydrogens is 380 g/mol. The first kappa shape index (κ1) is 18.0. The molecule has 0 aliphatic carbocycles. The van der Waals surface area contributed by atoms with Gasteiger partial charge in [-0.1, -0.05) is 41.3 Å². The molecule has 1 aromatic carbocycles. The lowest BCUT2D eigenvalue weighted by atomic mass is 10.2. The average molecular weight is 401 g/mol. The molecule has 9 heteroatoms. The molecule has 1 N–H and O–H groups in total. The van der Waals surface area contributed by atoms with Gasteiger partial charge in [-0.2, -0.15) is 0 Å². The first-order valence-corrected chi connectivity index (χ1v) is 10.6. The Balaban J connectivity index is 1.42. The summed E-state index contributed by atoms with van der Waals surface area (Å²) in [6, 6.07) is 12.0. The maximum absolute atomic E-state index is 12.1. The summed E-state index contributed by atoms with van der Waals surface area (Å²) in [4.78, 5) is 24.1. The summed E-state index contributed by atoms with van der Waals surface area (Å²) in [6.45, 7) is 5.38. The first-order valence-electron chi connectivity index (χ1n) is 8.75. The summed E-state index contributed by atoms with van der Waals surface area (Å²) in [5.74, 6) is 1.26. The van der Waals surface area contributed by atoms with Crippen molar-refractivity contribution in [2.24, 2.45) is 0 Å². The molecule has 0 unspecified atom stereocenters. The van der Waals surface area contributed by atoms with Gasteiger partial charge in [0.15, 0.2) is 4.34 Å². The highest BCUT2D eigenvalue weighted by molar-refractivity contribution is 8.00. The highest BCUT2D eigenvalue weighted by atomic mass is 32.2. The molecule has 27 heavy (non-hydrogen) atoms. The smallest absolute Gasteiger partial charge is 0.252 e. The van der Waals surface area contributed by atoms with E-state index in [0.29, 0.717) is 11.7 Å². The molecule has 3 aromatic rings. The Hall–Kier alpha value is -2.39. The minimum atomic E-state index is -0.116.